The van der Waals surface area contributed by atoms with Crippen molar-refractivity contribution in [3.8, 4) is 0 Å². The molecule has 7 nitrogen and oxygen atoms in total. The maximum Gasteiger partial charge on any atom is 0.218 e. The first-order valence-corrected chi connectivity index (χ1v) is 10.5. The molecule has 0 spiro atoms. The van der Waals surface area contributed by atoms with E-state index in [9.17, 15) is 8.42 Å². The van der Waals surface area contributed by atoms with Gasteiger partial charge in [0.25, 0.3) is 0 Å². The van der Waals surface area contributed by atoms with Gasteiger partial charge in [0.15, 0.2) is 5.82 Å². The van der Waals surface area contributed by atoms with E-state index in [-0.39, 0.29) is 5.75 Å². The van der Waals surface area contributed by atoms with E-state index in [1.165, 1.54) is 4.31 Å². The highest BCUT2D eigenvalue weighted by Crippen LogP contribution is 2.19. The molecule has 3 rings (SSSR count). The summed E-state index contributed by atoms with van der Waals surface area (Å²) in [5.41, 5.74) is 0.699. The van der Waals surface area contributed by atoms with E-state index >= 15 is 0 Å². The van der Waals surface area contributed by atoms with Gasteiger partial charge in [-0.05, 0) is 36.8 Å². The van der Waals surface area contributed by atoms with Gasteiger partial charge in [0, 0.05) is 37.7 Å². The van der Waals surface area contributed by atoms with Crippen LogP contribution in [0.4, 0.5) is 11.6 Å². The van der Waals surface area contributed by atoms with Crippen molar-refractivity contribution in [1.82, 2.24) is 14.5 Å². The van der Waals surface area contributed by atoms with E-state index in [4.69, 9.17) is 11.6 Å². The second-order valence-corrected chi connectivity index (χ2v) is 8.48. The number of rotatable bonds is 6. The summed E-state index contributed by atoms with van der Waals surface area (Å²) in [7, 11) is -3.37. The minimum absolute atomic E-state index is 0.0370. The summed E-state index contributed by atoms with van der Waals surface area (Å²) in [6, 6.07) is 10.8. The summed E-state index contributed by atoms with van der Waals surface area (Å²) in [6.45, 7) is 4.82. The van der Waals surface area contributed by atoms with Crippen LogP contribution in [0.25, 0.3) is 0 Å². The Morgan fingerprint density at radius 2 is 1.88 bits per heavy atom. The molecule has 2 heterocycles. The standard InChI is InChI=1S/C17H22ClN5O2S/c1-2-19-16-6-7-17(21-20-16)22-8-10-23(11-9-22)26(24,25)13-14-4-3-5-15(18)12-14/h3-7,12H,2,8-11,13H2,1H3,(H,19,20). The number of nitrogens with zero attached hydrogens (tertiary/aromatic N) is 4. The van der Waals surface area contributed by atoms with E-state index < -0.39 is 10.0 Å². The lowest BCUT2D eigenvalue weighted by molar-refractivity contribution is 0.383. The highest BCUT2D eigenvalue weighted by molar-refractivity contribution is 7.88. The van der Waals surface area contributed by atoms with Gasteiger partial charge in [0.1, 0.15) is 5.82 Å². The predicted molar refractivity (Wildman–Crippen MR) is 104 cm³/mol. The Morgan fingerprint density at radius 3 is 2.50 bits per heavy atom. The molecule has 1 aromatic heterocycles. The number of nitrogens with one attached hydrogen (secondary N) is 1. The van der Waals surface area contributed by atoms with Crippen molar-refractivity contribution >= 4 is 33.3 Å². The molecule has 0 unspecified atom stereocenters. The van der Waals surface area contributed by atoms with Gasteiger partial charge in [-0.25, -0.2) is 8.42 Å². The zero-order valence-electron chi connectivity index (χ0n) is 14.6. The van der Waals surface area contributed by atoms with Gasteiger partial charge in [0.2, 0.25) is 10.0 Å². The van der Waals surface area contributed by atoms with Crippen LogP contribution in [0.2, 0.25) is 5.02 Å². The summed E-state index contributed by atoms with van der Waals surface area (Å²) < 4.78 is 26.8. The van der Waals surface area contributed by atoms with Crippen LogP contribution >= 0.6 is 11.6 Å². The van der Waals surface area contributed by atoms with E-state index in [1.54, 1.807) is 24.3 Å². The minimum Gasteiger partial charge on any atom is -0.369 e. The van der Waals surface area contributed by atoms with Crippen molar-refractivity contribution < 1.29 is 8.42 Å². The smallest absolute Gasteiger partial charge is 0.218 e. The van der Waals surface area contributed by atoms with Crippen molar-refractivity contribution in [2.45, 2.75) is 12.7 Å². The SMILES string of the molecule is CCNc1ccc(N2CCN(S(=O)(=O)Cc3cccc(Cl)c3)CC2)nn1. The number of benzene rings is 1. The molecule has 2 aromatic rings. The summed E-state index contributed by atoms with van der Waals surface area (Å²) in [5.74, 6) is 1.46. The highest BCUT2D eigenvalue weighted by atomic mass is 35.5. The maximum absolute atomic E-state index is 12.7. The molecule has 0 saturated carbocycles. The van der Waals surface area contributed by atoms with Crippen molar-refractivity contribution in [3.05, 3.63) is 47.0 Å². The Hall–Kier alpha value is -1.90. The van der Waals surface area contributed by atoms with Crippen molar-refractivity contribution in [2.24, 2.45) is 0 Å². The molecule has 0 bridgehead atoms. The third kappa shape index (κ3) is 4.63. The molecule has 1 aliphatic rings. The molecule has 1 N–H and O–H groups in total. The van der Waals surface area contributed by atoms with E-state index in [0.29, 0.717) is 36.8 Å². The fourth-order valence-electron chi connectivity index (χ4n) is 2.89. The van der Waals surface area contributed by atoms with Crippen LogP contribution in [0.3, 0.4) is 0 Å². The maximum atomic E-state index is 12.7. The van der Waals surface area contributed by atoms with Crippen molar-refractivity contribution in [2.75, 3.05) is 42.9 Å². The fourth-order valence-corrected chi connectivity index (χ4v) is 4.61. The van der Waals surface area contributed by atoms with Crippen LogP contribution in [-0.2, 0) is 15.8 Å². The number of piperazine rings is 1. The molecule has 140 valence electrons. The molecule has 0 amide bonds. The van der Waals surface area contributed by atoms with Crippen LogP contribution in [0.1, 0.15) is 12.5 Å². The average Bonchev–Trinajstić information content (AvgIpc) is 2.62. The van der Waals surface area contributed by atoms with E-state index in [0.717, 1.165) is 18.2 Å². The van der Waals surface area contributed by atoms with Gasteiger partial charge in [-0.15, -0.1) is 10.2 Å². The Balaban J connectivity index is 1.60. The number of aromatic nitrogens is 2. The van der Waals surface area contributed by atoms with Crippen molar-refractivity contribution in [3.63, 3.8) is 0 Å². The summed E-state index contributed by atoms with van der Waals surface area (Å²) >= 11 is 5.94. The van der Waals surface area contributed by atoms with Gasteiger partial charge in [-0.1, -0.05) is 23.7 Å². The van der Waals surface area contributed by atoms with Gasteiger partial charge >= 0.3 is 0 Å². The molecule has 0 aliphatic carbocycles. The largest absolute Gasteiger partial charge is 0.369 e. The van der Waals surface area contributed by atoms with Crippen LogP contribution in [0.5, 0.6) is 0 Å². The lowest BCUT2D eigenvalue weighted by Gasteiger charge is -2.34. The molecule has 9 heteroatoms. The predicted octanol–water partition coefficient (Wildman–Crippen LogP) is 2.21. The Bertz CT molecular complexity index is 836. The first kappa shape index (κ1) is 18.9. The number of anilines is 2. The minimum atomic E-state index is -3.37. The van der Waals surface area contributed by atoms with Crippen LogP contribution in [0.15, 0.2) is 36.4 Å². The summed E-state index contributed by atoms with van der Waals surface area (Å²) in [4.78, 5) is 2.05. The number of hydrogen-bond acceptors (Lipinski definition) is 6. The molecule has 1 aliphatic heterocycles. The van der Waals surface area contributed by atoms with Gasteiger partial charge in [0.05, 0.1) is 5.75 Å². The van der Waals surface area contributed by atoms with Gasteiger partial charge in [-0.3, -0.25) is 0 Å². The first-order chi connectivity index (χ1) is 12.5. The van der Waals surface area contributed by atoms with Crippen LogP contribution < -0.4 is 10.2 Å². The molecular formula is C17H22ClN5O2S. The van der Waals surface area contributed by atoms with Crippen LogP contribution in [-0.4, -0.2) is 55.6 Å². The normalized spacial score (nSPS) is 15.8. The highest BCUT2D eigenvalue weighted by Gasteiger charge is 2.27. The lowest BCUT2D eigenvalue weighted by Crippen LogP contribution is -2.49. The summed E-state index contributed by atoms with van der Waals surface area (Å²) in [6.07, 6.45) is 0. The quantitative estimate of drug-likeness (QED) is 0.807. The molecule has 0 atom stereocenters. The number of sulfonamides is 1. The number of hydrogen-bond donors (Lipinski definition) is 1. The molecule has 0 radical (unpaired) electrons. The molecular weight excluding hydrogens is 374 g/mol. The van der Waals surface area contributed by atoms with E-state index in [1.807, 2.05) is 24.0 Å². The molecule has 1 fully saturated rings. The first-order valence-electron chi connectivity index (χ1n) is 8.53. The topological polar surface area (TPSA) is 78.4 Å². The Labute approximate surface area is 159 Å². The zero-order chi connectivity index (χ0) is 18.6. The summed E-state index contributed by atoms with van der Waals surface area (Å²) in [5, 5.41) is 12.0. The zero-order valence-corrected chi connectivity index (χ0v) is 16.2. The van der Waals surface area contributed by atoms with Gasteiger partial charge in [-0.2, -0.15) is 4.31 Å². The third-order valence-corrected chi connectivity index (χ3v) is 6.29. The van der Waals surface area contributed by atoms with Crippen LogP contribution in [0, 0.1) is 0 Å². The van der Waals surface area contributed by atoms with E-state index in [2.05, 4.69) is 15.5 Å². The molecule has 26 heavy (non-hydrogen) atoms. The van der Waals surface area contributed by atoms with Crippen molar-refractivity contribution in [1.29, 1.82) is 0 Å². The Morgan fingerprint density at radius 1 is 1.12 bits per heavy atom. The second-order valence-electron chi connectivity index (χ2n) is 6.08. The lowest BCUT2D eigenvalue weighted by atomic mass is 10.2. The third-order valence-electron chi connectivity index (χ3n) is 4.20. The second kappa shape index (κ2) is 8.20. The number of halogens is 1. The molecule has 1 aromatic carbocycles. The Kier molecular flexibility index (Phi) is 5.95. The monoisotopic (exact) mass is 395 g/mol. The fraction of sp³-hybridized carbons (Fsp3) is 0.412. The molecule has 1 saturated heterocycles. The van der Waals surface area contributed by atoms with Gasteiger partial charge < -0.3 is 10.2 Å². The average molecular weight is 396 g/mol.